The Labute approximate surface area is 127 Å². The van der Waals surface area contributed by atoms with Crippen LogP contribution in [0, 0.1) is 12.7 Å². The molecule has 1 aromatic heterocycles. The number of aryl methyl sites for hydroxylation is 1. The van der Waals surface area contributed by atoms with Crippen LogP contribution < -0.4 is 0 Å². The predicted molar refractivity (Wildman–Crippen MR) is 79.2 cm³/mol. The fraction of sp³-hybridized carbons (Fsp3) is 0.0667. The first-order valence-electron chi connectivity index (χ1n) is 6.47. The fourth-order valence-corrected chi connectivity index (χ4v) is 2.97. The zero-order chi connectivity index (χ0) is 15.7. The number of benzene rings is 2. The molecule has 0 radical (unpaired) electrons. The third-order valence-corrected chi connectivity index (χ3v) is 4.68. The second-order valence-electron chi connectivity index (χ2n) is 4.77. The maximum atomic E-state index is 12.9. The Morgan fingerprint density at radius 3 is 2.27 bits per heavy atom. The molecule has 0 saturated carbocycles. The van der Waals surface area contributed by atoms with Gasteiger partial charge >= 0.3 is 0 Å². The monoisotopic (exact) mass is 317 g/mol. The van der Waals surface area contributed by atoms with Gasteiger partial charge in [0, 0.05) is 5.56 Å². The Morgan fingerprint density at radius 2 is 1.64 bits per heavy atom. The number of hydrogen-bond donors (Lipinski definition) is 0. The summed E-state index contributed by atoms with van der Waals surface area (Å²) < 4.78 is 38.5. The Balaban J connectivity index is 1.99. The molecule has 3 aromatic rings. The van der Waals surface area contributed by atoms with Gasteiger partial charge in [0.2, 0.25) is 0 Å². The fourth-order valence-electron chi connectivity index (χ4n) is 1.91. The number of hydrogen-bond acceptors (Lipinski definition) is 4. The smallest absolute Gasteiger partial charge is 0.214 e. The van der Waals surface area contributed by atoms with Crippen LogP contribution in [0.1, 0.15) is 5.56 Å². The summed E-state index contributed by atoms with van der Waals surface area (Å²) in [7, 11) is -3.87. The van der Waals surface area contributed by atoms with Crippen molar-refractivity contribution in [2.24, 2.45) is 0 Å². The van der Waals surface area contributed by atoms with E-state index in [1.807, 2.05) is 31.2 Å². The van der Waals surface area contributed by atoms with Gasteiger partial charge in [0.1, 0.15) is 12.1 Å². The molecule has 0 aliphatic heterocycles. The molecule has 112 valence electrons. The van der Waals surface area contributed by atoms with Gasteiger partial charge in [-0.25, -0.2) is 9.37 Å². The van der Waals surface area contributed by atoms with E-state index in [-0.39, 0.29) is 4.90 Å². The van der Waals surface area contributed by atoms with Crippen molar-refractivity contribution < 1.29 is 12.8 Å². The number of aromatic nitrogens is 3. The van der Waals surface area contributed by atoms with Gasteiger partial charge in [-0.3, -0.25) is 0 Å². The van der Waals surface area contributed by atoms with Crippen molar-refractivity contribution in [3.63, 3.8) is 0 Å². The summed E-state index contributed by atoms with van der Waals surface area (Å²) in [5.41, 5.74) is 1.81. The summed E-state index contributed by atoms with van der Waals surface area (Å²) in [6, 6.07) is 12.0. The van der Waals surface area contributed by atoms with E-state index in [1.54, 1.807) is 0 Å². The van der Waals surface area contributed by atoms with Crippen LogP contribution in [0.5, 0.6) is 0 Å². The molecule has 7 heteroatoms. The lowest BCUT2D eigenvalue weighted by atomic mass is 10.1. The third kappa shape index (κ3) is 2.62. The van der Waals surface area contributed by atoms with Crippen molar-refractivity contribution >= 4 is 10.0 Å². The highest BCUT2D eigenvalue weighted by atomic mass is 32.2. The number of nitrogens with zero attached hydrogens (tertiary/aromatic N) is 3. The molecular weight excluding hydrogens is 305 g/mol. The lowest BCUT2D eigenvalue weighted by molar-refractivity contribution is 0.579. The Bertz CT molecular complexity index is 901. The zero-order valence-electron chi connectivity index (χ0n) is 11.6. The summed E-state index contributed by atoms with van der Waals surface area (Å²) in [6.07, 6.45) is 1.13. The minimum atomic E-state index is -3.87. The van der Waals surface area contributed by atoms with E-state index >= 15 is 0 Å². The Morgan fingerprint density at radius 1 is 1.00 bits per heavy atom. The molecule has 0 aliphatic rings. The van der Waals surface area contributed by atoms with Crippen LogP contribution in [-0.4, -0.2) is 22.6 Å². The Kier molecular flexibility index (Phi) is 3.50. The van der Waals surface area contributed by atoms with Gasteiger partial charge in [0.15, 0.2) is 5.82 Å². The summed E-state index contributed by atoms with van der Waals surface area (Å²) in [4.78, 5) is 3.98. The molecule has 3 rings (SSSR count). The van der Waals surface area contributed by atoms with Crippen molar-refractivity contribution in [2.75, 3.05) is 0 Å². The van der Waals surface area contributed by atoms with Crippen LogP contribution in [0.15, 0.2) is 59.8 Å². The summed E-state index contributed by atoms with van der Waals surface area (Å²) >= 11 is 0. The maximum absolute atomic E-state index is 12.9. The molecule has 0 N–H and O–H groups in total. The second kappa shape index (κ2) is 5.34. The number of rotatable bonds is 3. The molecule has 2 aromatic carbocycles. The molecule has 0 fully saturated rings. The normalized spacial score (nSPS) is 11.5. The highest BCUT2D eigenvalue weighted by molar-refractivity contribution is 7.89. The van der Waals surface area contributed by atoms with Crippen molar-refractivity contribution in [2.45, 2.75) is 11.8 Å². The standard InChI is InChI=1S/C15H12FN3O2S/c1-11-2-4-12(5-3-11)15-17-10-19(18-15)22(20,21)14-8-6-13(16)7-9-14/h2-10H,1H3. The van der Waals surface area contributed by atoms with E-state index < -0.39 is 15.8 Å². The topological polar surface area (TPSA) is 64.8 Å². The molecule has 0 atom stereocenters. The van der Waals surface area contributed by atoms with Crippen molar-refractivity contribution in [3.05, 3.63) is 66.2 Å². The summed E-state index contributed by atoms with van der Waals surface area (Å²) in [5, 5.41) is 4.00. The van der Waals surface area contributed by atoms with E-state index in [9.17, 15) is 12.8 Å². The van der Waals surface area contributed by atoms with Crippen molar-refractivity contribution in [1.82, 2.24) is 14.2 Å². The van der Waals surface area contributed by atoms with Gasteiger partial charge < -0.3 is 0 Å². The molecule has 0 spiro atoms. The van der Waals surface area contributed by atoms with E-state index in [4.69, 9.17) is 0 Å². The van der Waals surface area contributed by atoms with Gasteiger partial charge in [-0.15, -0.1) is 9.19 Å². The van der Waals surface area contributed by atoms with Gasteiger partial charge in [0.25, 0.3) is 10.0 Å². The number of halogens is 1. The molecule has 0 aliphatic carbocycles. The molecule has 22 heavy (non-hydrogen) atoms. The van der Waals surface area contributed by atoms with Crippen LogP contribution in [0.3, 0.4) is 0 Å². The first kappa shape index (κ1) is 14.4. The molecule has 0 unspecified atom stereocenters. The molecule has 0 amide bonds. The average molecular weight is 317 g/mol. The average Bonchev–Trinajstić information content (AvgIpc) is 2.99. The minimum Gasteiger partial charge on any atom is -0.214 e. The highest BCUT2D eigenvalue weighted by Gasteiger charge is 2.19. The summed E-state index contributed by atoms with van der Waals surface area (Å²) in [5.74, 6) is -0.191. The largest absolute Gasteiger partial charge is 0.284 e. The SMILES string of the molecule is Cc1ccc(-c2ncn(S(=O)(=O)c3ccc(F)cc3)n2)cc1. The first-order valence-corrected chi connectivity index (χ1v) is 7.91. The van der Waals surface area contributed by atoms with Crippen LogP contribution in [0.25, 0.3) is 11.4 Å². The van der Waals surface area contributed by atoms with Crippen LogP contribution in [-0.2, 0) is 10.0 Å². The zero-order valence-corrected chi connectivity index (χ0v) is 12.5. The minimum absolute atomic E-state index is 0.0470. The van der Waals surface area contributed by atoms with E-state index in [0.29, 0.717) is 5.82 Å². The van der Waals surface area contributed by atoms with Crippen molar-refractivity contribution in [3.8, 4) is 11.4 Å². The second-order valence-corrected chi connectivity index (χ2v) is 6.56. The molecular formula is C15H12FN3O2S. The summed E-state index contributed by atoms with van der Waals surface area (Å²) in [6.45, 7) is 1.95. The van der Waals surface area contributed by atoms with E-state index in [2.05, 4.69) is 10.1 Å². The van der Waals surface area contributed by atoms with Crippen molar-refractivity contribution in [1.29, 1.82) is 0 Å². The van der Waals surface area contributed by atoms with Gasteiger partial charge in [-0.2, -0.15) is 8.42 Å². The quantitative estimate of drug-likeness (QED) is 0.745. The van der Waals surface area contributed by atoms with E-state index in [1.165, 1.54) is 12.1 Å². The molecule has 0 bridgehead atoms. The van der Waals surface area contributed by atoms with Crippen LogP contribution >= 0.6 is 0 Å². The molecule has 5 nitrogen and oxygen atoms in total. The van der Waals surface area contributed by atoms with Gasteiger partial charge in [-0.05, 0) is 31.2 Å². The lowest BCUT2D eigenvalue weighted by Crippen LogP contribution is -2.13. The van der Waals surface area contributed by atoms with Gasteiger partial charge in [-0.1, -0.05) is 29.8 Å². The Hall–Kier alpha value is -2.54. The maximum Gasteiger partial charge on any atom is 0.284 e. The predicted octanol–water partition coefficient (Wildman–Crippen LogP) is 2.63. The van der Waals surface area contributed by atoms with Crippen LogP contribution in [0.4, 0.5) is 4.39 Å². The van der Waals surface area contributed by atoms with E-state index in [0.717, 1.165) is 33.7 Å². The van der Waals surface area contributed by atoms with Crippen LogP contribution in [0.2, 0.25) is 0 Å². The van der Waals surface area contributed by atoms with Gasteiger partial charge in [0.05, 0.1) is 4.90 Å². The first-order chi connectivity index (χ1) is 10.5. The molecule has 0 saturated heterocycles. The highest BCUT2D eigenvalue weighted by Crippen LogP contribution is 2.18. The molecule has 1 heterocycles. The lowest BCUT2D eigenvalue weighted by Gasteiger charge is -2.03. The third-order valence-electron chi connectivity index (χ3n) is 3.14.